The zero-order valence-corrected chi connectivity index (χ0v) is 11.2. The number of rotatable bonds is 6. The maximum atomic E-state index is 10.8. The number of hydrogen-bond donors (Lipinski definition) is 1. The van der Waals surface area contributed by atoms with Crippen molar-refractivity contribution < 1.29 is 19.4 Å². The predicted octanol–water partition coefficient (Wildman–Crippen LogP) is 2.97. The fourth-order valence-corrected chi connectivity index (χ4v) is 1.70. The Morgan fingerprint density at radius 2 is 2.16 bits per heavy atom. The van der Waals surface area contributed by atoms with Crippen molar-refractivity contribution in [1.29, 1.82) is 0 Å². The summed E-state index contributed by atoms with van der Waals surface area (Å²) in [6.07, 6.45) is 4.06. The van der Waals surface area contributed by atoms with E-state index < -0.39 is 5.97 Å². The van der Waals surface area contributed by atoms with Gasteiger partial charge in [0.15, 0.2) is 11.5 Å². The minimum absolute atomic E-state index is 0.290. The lowest BCUT2D eigenvalue weighted by atomic mass is 10.1. The topological polar surface area (TPSA) is 55.8 Å². The van der Waals surface area contributed by atoms with Gasteiger partial charge in [-0.2, -0.15) is 0 Å². The van der Waals surface area contributed by atoms with E-state index in [9.17, 15) is 4.79 Å². The number of aliphatic carboxylic acids is 1. The summed E-state index contributed by atoms with van der Waals surface area (Å²) in [5.41, 5.74) is 1.09. The zero-order valence-electron chi connectivity index (χ0n) is 11.2. The van der Waals surface area contributed by atoms with Crippen molar-refractivity contribution in [3.8, 4) is 11.5 Å². The van der Waals surface area contributed by atoms with E-state index in [2.05, 4.69) is 0 Å². The lowest BCUT2D eigenvalue weighted by molar-refractivity contribution is -0.132. The molecule has 1 aromatic rings. The van der Waals surface area contributed by atoms with E-state index in [1.807, 2.05) is 12.1 Å². The van der Waals surface area contributed by atoms with E-state index in [0.717, 1.165) is 5.56 Å². The number of benzene rings is 1. The molecule has 2 rings (SSSR count). The molecule has 0 amide bonds. The average molecular weight is 262 g/mol. The van der Waals surface area contributed by atoms with Crippen LogP contribution < -0.4 is 9.47 Å². The van der Waals surface area contributed by atoms with E-state index in [0.29, 0.717) is 29.6 Å². The minimum atomic E-state index is -0.920. The van der Waals surface area contributed by atoms with E-state index in [4.69, 9.17) is 14.6 Å². The minimum Gasteiger partial charge on any atom is -0.493 e. The zero-order chi connectivity index (χ0) is 13.8. The second-order valence-corrected chi connectivity index (χ2v) is 4.80. The third-order valence-electron chi connectivity index (χ3n) is 3.08. The van der Waals surface area contributed by atoms with E-state index in [1.165, 1.54) is 12.8 Å². The second kappa shape index (κ2) is 5.78. The Labute approximate surface area is 112 Å². The van der Waals surface area contributed by atoms with Gasteiger partial charge in [-0.3, -0.25) is 0 Å². The number of methoxy groups -OCH3 is 1. The first kappa shape index (κ1) is 13.5. The molecule has 0 heterocycles. The number of ether oxygens (including phenoxy) is 2. The standard InChI is InChI=1S/C15H18O4/c1-10(15(16)17)7-12-5-6-13(18-2)14(8-12)19-9-11-3-4-11/h5-8,11H,3-4,9H2,1-2H3,(H,16,17). The van der Waals surface area contributed by atoms with Crippen LogP contribution in [0.15, 0.2) is 23.8 Å². The van der Waals surface area contributed by atoms with Crippen molar-refractivity contribution >= 4 is 12.0 Å². The van der Waals surface area contributed by atoms with Crippen molar-refractivity contribution in [1.82, 2.24) is 0 Å². The highest BCUT2D eigenvalue weighted by atomic mass is 16.5. The Kier molecular flexibility index (Phi) is 4.10. The van der Waals surface area contributed by atoms with Gasteiger partial charge in [0, 0.05) is 5.57 Å². The van der Waals surface area contributed by atoms with Gasteiger partial charge in [0.1, 0.15) is 0 Å². The number of hydrogen-bond acceptors (Lipinski definition) is 3. The summed E-state index contributed by atoms with van der Waals surface area (Å²) in [6.45, 7) is 2.26. The summed E-state index contributed by atoms with van der Waals surface area (Å²) in [6, 6.07) is 5.42. The van der Waals surface area contributed by atoms with Crippen LogP contribution in [0.3, 0.4) is 0 Å². The molecule has 0 unspecified atom stereocenters. The van der Waals surface area contributed by atoms with Crippen molar-refractivity contribution in [2.75, 3.05) is 13.7 Å². The third kappa shape index (κ3) is 3.74. The molecule has 0 aliphatic heterocycles. The van der Waals surface area contributed by atoms with E-state index in [-0.39, 0.29) is 0 Å². The molecule has 0 saturated heterocycles. The van der Waals surface area contributed by atoms with Crippen LogP contribution >= 0.6 is 0 Å². The Balaban J connectivity index is 2.18. The van der Waals surface area contributed by atoms with Crippen LogP contribution in [0.5, 0.6) is 11.5 Å². The fraction of sp³-hybridized carbons (Fsp3) is 0.400. The van der Waals surface area contributed by atoms with Gasteiger partial charge in [-0.25, -0.2) is 4.79 Å². The van der Waals surface area contributed by atoms with Gasteiger partial charge in [-0.05, 0) is 49.5 Å². The third-order valence-corrected chi connectivity index (χ3v) is 3.08. The van der Waals surface area contributed by atoms with Gasteiger partial charge in [-0.1, -0.05) is 6.07 Å². The largest absolute Gasteiger partial charge is 0.493 e. The molecule has 1 saturated carbocycles. The first-order chi connectivity index (χ1) is 9.10. The van der Waals surface area contributed by atoms with Crippen LogP contribution in [0.1, 0.15) is 25.3 Å². The molecule has 1 N–H and O–H groups in total. The molecule has 0 atom stereocenters. The molecule has 1 aromatic carbocycles. The highest BCUT2D eigenvalue weighted by molar-refractivity contribution is 5.91. The van der Waals surface area contributed by atoms with Gasteiger partial charge in [0.05, 0.1) is 13.7 Å². The second-order valence-electron chi connectivity index (χ2n) is 4.80. The molecule has 0 radical (unpaired) electrons. The molecular formula is C15H18O4. The molecule has 0 spiro atoms. The quantitative estimate of drug-likeness (QED) is 0.801. The van der Waals surface area contributed by atoms with Crippen molar-refractivity contribution in [2.24, 2.45) is 5.92 Å². The molecule has 1 aliphatic carbocycles. The number of carboxylic acid groups (broad SMARTS) is 1. The summed E-state index contributed by atoms with van der Waals surface area (Å²) in [7, 11) is 1.59. The Hall–Kier alpha value is -1.97. The first-order valence-corrected chi connectivity index (χ1v) is 6.32. The summed E-state index contributed by atoms with van der Waals surface area (Å²) >= 11 is 0. The van der Waals surface area contributed by atoms with Gasteiger partial charge in [-0.15, -0.1) is 0 Å². The number of carbonyl (C=O) groups is 1. The van der Waals surface area contributed by atoms with E-state index in [1.54, 1.807) is 26.2 Å². The lowest BCUT2D eigenvalue weighted by Crippen LogP contribution is -2.01. The highest BCUT2D eigenvalue weighted by Gasteiger charge is 2.22. The van der Waals surface area contributed by atoms with Gasteiger partial charge < -0.3 is 14.6 Å². The maximum Gasteiger partial charge on any atom is 0.331 e. The molecule has 0 aromatic heterocycles. The smallest absolute Gasteiger partial charge is 0.331 e. The SMILES string of the molecule is COc1ccc(C=C(C)C(=O)O)cc1OCC1CC1. The lowest BCUT2D eigenvalue weighted by Gasteiger charge is -2.11. The highest BCUT2D eigenvalue weighted by Crippen LogP contribution is 2.33. The van der Waals surface area contributed by atoms with Crippen molar-refractivity contribution in [3.05, 3.63) is 29.3 Å². The normalized spacial score (nSPS) is 15.2. The van der Waals surface area contributed by atoms with Crippen LogP contribution in [0.4, 0.5) is 0 Å². The average Bonchev–Trinajstić information content (AvgIpc) is 3.20. The van der Waals surface area contributed by atoms with Gasteiger partial charge >= 0.3 is 5.97 Å². The predicted molar refractivity (Wildman–Crippen MR) is 72.5 cm³/mol. The Bertz CT molecular complexity index is 501. The Morgan fingerprint density at radius 3 is 2.74 bits per heavy atom. The van der Waals surface area contributed by atoms with Crippen molar-refractivity contribution in [3.63, 3.8) is 0 Å². The summed E-state index contributed by atoms with van der Waals surface area (Å²) in [5, 5.41) is 8.87. The van der Waals surface area contributed by atoms with Gasteiger partial charge in [0.2, 0.25) is 0 Å². The van der Waals surface area contributed by atoms with Gasteiger partial charge in [0.25, 0.3) is 0 Å². The first-order valence-electron chi connectivity index (χ1n) is 6.32. The molecule has 1 fully saturated rings. The van der Waals surface area contributed by atoms with Crippen LogP contribution in [0.2, 0.25) is 0 Å². The van der Waals surface area contributed by atoms with E-state index >= 15 is 0 Å². The summed E-state index contributed by atoms with van der Waals surface area (Å²) in [5.74, 6) is 1.08. The number of carboxylic acids is 1. The monoisotopic (exact) mass is 262 g/mol. The molecule has 19 heavy (non-hydrogen) atoms. The molecule has 0 bridgehead atoms. The Morgan fingerprint density at radius 1 is 1.42 bits per heavy atom. The molecule has 4 heteroatoms. The summed E-state index contributed by atoms with van der Waals surface area (Å²) < 4.78 is 11.0. The molecule has 1 aliphatic rings. The van der Waals surface area contributed by atoms with Crippen LogP contribution in [0.25, 0.3) is 6.08 Å². The molecule has 102 valence electrons. The van der Waals surface area contributed by atoms with Crippen LogP contribution in [-0.4, -0.2) is 24.8 Å². The maximum absolute atomic E-state index is 10.8. The van der Waals surface area contributed by atoms with Crippen LogP contribution in [-0.2, 0) is 4.79 Å². The molecule has 4 nitrogen and oxygen atoms in total. The van der Waals surface area contributed by atoms with Crippen molar-refractivity contribution in [2.45, 2.75) is 19.8 Å². The van der Waals surface area contributed by atoms with Crippen LogP contribution in [0, 0.1) is 5.92 Å². The summed E-state index contributed by atoms with van der Waals surface area (Å²) in [4.78, 5) is 10.8. The molecular weight excluding hydrogens is 244 g/mol. The fourth-order valence-electron chi connectivity index (χ4n) is 1.70.